The summed E-state index contributed by atoms with van der Waals surface area (Å²) in [7, 11) is 0. The maximum absolute atomic E-state index is 11.9. The smallest absolute Gasteiger partial charge is 0.409 e. The molecule has 2 rings (SSSR count). The van der Waals surface area contributed by atoms with Crippen LogP contribution >= 0.6 is 0 Å². The molecule has 0 aliphatic rings. The third-order valence-electron chi connectivity index (χ3n) is 2.21. The Morgan fingerprint density at radius 1 is 1.05 bits per heavy atom. The summed E-state index contributed by atoms with van der Waals surface area (Å²) < 4.78 is 0. The van der Waals surface area contributed by atoms with Gasteiger partial charge in [0, 0.05) is 12.4 Å². The van der Waals surface area contributed by atoms with Gasteiger partial charge in [0.25, 0.3) is 5.91 Å². The summed E-state index contributed by atoms with van der Waals surface area (Å²) in [6, 6.07) is 6.46. The molecule has 0 fully saturated rings. The summed E-state index contributed by atoms with van der Waals surface area (Å²) in [5.74, 6) is -0.465. The minimum atomic E-state index is -1.21. The number of hydrogen-bond acceptors (Lipinski definition) is 4. The first-order valence-corrected chi connectivity index (χ1v) is 5.33. The molecular formula is C12H10N4O3. The van der Waals surface area contributed by atoms with Gasteiger partial charge in [0.15, 0.2) is 0 Å². The SMILES string of the molecule is O=C(O)Nc1ccccc1NC(=O)c1cnccn1. The van der Waals surface area contributed by atoms with E-state index in [1.54, 1.807) is 24.3 Å². The zero-order valence-corrected chi connectivity index (χ0v) is 9.70. The van der Waals surface area contributed by atoms with Crippen LogP contribution < -0.4 is 10.6 Å². The average molecular weight is 258 g/mol. The first-order chi connectivity index (χ1) is 9.16. The number of amides is 2. The minimum absolute atomic E-state index is 0.146. The van der Waals surface area contributed by atoms with E-state index in [0.29, 0.717) is 5.69 Å². The van der Waals surface area contributed by atoms with E-state index in [2.05, 4.69) is 20.6 Å². The number of carboxylic acid groups (broad SMARTS) is 1. The first kappa shape index (κ1) is 12.5. The zero-order chi connectivity index (χ0) is 13.7. The molecular weight excluding hydrogens is 248 g/mol. The van der Waals surface area contributed by atoms with Crippen LogP contribution in [0.4, 0.5) is 16.2 Å². The van der Waals surface area contributed by atoms with Crippen molar-refractivity contribution in [3.63, 3.8) is 0 Å². The van der Waals surface area contributed by atoms with Gasteiger partial charge >= 0.3 is 6.09 Å². The lowest BCUT2D eigenvalue weighted by Crippen LogP contribution is -2.16. The second kappa shape index (κ2) is 5.58. The summed E-state index contributed by atoms with van der Waals surface area (Å²) in [4.78, 5) is 30.1. The van der Waals surface area contributed by atoms with Crippen LogP contribution in [-0.2, 0) is 0 Å². The second-order valence-electron chi connectivity index (χ2n) is 3.52. The van der Waals surface area contributed by atoms with Crippen molar-refractivity contribution in [1.82, 2.24) is 9.97 Å². The molecule has 0 atom stereocenters. The quantitative estimate of drug-likeness (QED) is 0.778. The largest absolute Gasteiger partial charge is 0.465 e. The monoisotopic (exact) mass is 258 g/mol. The maximum Gasteiger partial charge on any atom is 0.409 e. The Labute approximate surface area is 108 Å². The predicted octanol–water partition coefficient (Wildman–Crippen LogP) is 1.82. The van der Waals surface area contributed by atoms with Gasteiger partial charge in [0.2, 0.25) is 0 Å². The van der Waals surface area contributed by atoms with Crippen LogP contribution in [0.1, 0.15) is 10.5 Å². The molecule has 7 nitrogen and oxygen atoms in total. The number of rotatable bonds is 3. The third-order valence-corrected chi connectivity index (χ3v) is 2.21. The van der Waals surface area contributed by atoms with Crippen LogP contribution in [-0.4, -0.2) is 27.1 Å². The molecule has 0 bridgehead atoms. The number of nitrogens with one attached hydrogen (secondary N) is 2. The van der Waals surface area contributed by atoms with Gasteiger partial charge in [0.1, 0.15) is 5.69 Å². The number of para-hydroxylation sites is 2. The van der Waals surface area contributed by atoms with Crippen LogP contribution in [0, 0.1) is 0 Å². The Bertz CT molecular complexity index is 601. The van der Waals surface area contributed by atoms with E-state index in [-0.39, 0.29) is 11.4 Å². The lowest BCUT2D eigenvalue weighted by molar-refractivity contribution is 0.102. The van der Waals surface area contributed by atoms with E-state index in [4.69, 9.17) is 5.11 Å². The Hall–Kier alpha value is -2.96. The molecule has 0 spiro atoms. The van der Waals surface area contributed by atoms with Gasteiger partial charge in [-0.15, -0.1) is 0 Å². The van der Waals surface area contributed by atoms with Gasteiger partial charge in [-0.3, -0.25) is 15.1 Å². The van der Waals surface area contributed by atoms with Gasteiger partial charge in [-0.1, -0.05) is 12.1 Å². The second-order valence-corrected chi connectivity index (χ2v) is 3.52. The number of carbonyl (C=O) groups excluding carboxylic acids is 1. The molecule has 3 N–H and O–H groups in total. The molecule has 19 heavy (non-hydrogen) atoms. The summed E-state index contributed by atoms with van der Waals surface area (Å²) >= 11 is 0. The summed E-state index contributed by atoms with van der Waals surface area (Å²) in [6.07, 6.45) is 2.97. The number of nitrogens with zero attached hydrogens (tertiary/aromatic N) is 2. The van der Waals surface area contributed by atoms with Crippen molar-refractivity contribution in [3.8, 4) is 0 Å². The van der Waals surface area contributed by atoms with E-state index in [9.17, 15) is 9.59 Å². The lowest BCUT2D eigenvalue weighted by atomic mass is 10.2. The molecule has 0 aliphatic carbocycles. The normalized spacial score (nSPS) is 9.68. The van der Waals surface area contributed by atoms with E-state index < -0.39 is 12.0 Å². The standard InChI is InChI=1S/C12H10N4O3/c17-11(10-7-13-5-6-14-10)15-8-3-1-2-4-9(8)16-12(18)19/h1-7,16H,(H,15,17)(H,18,19). The van der Waals surface area contributed by atoms with E-state index in [1.165, 1.54) is 18.6 Å². The van der Waals surface area contributed by atoms with Crippen molar-refractivity contribution in [2.45, 2.75) is 0 Å². The van der Waals surface area contributed by atoms with Crippen molar-refractivity contribution in [2.75, 3.05) is 10.6 Å². The molecule has 1 heterocycles. The highest BCUT2D eigenvalue weighted by Crippen LogP contribution is 2.21. The van der Waals surface area contributed by atoms with Crippen LogP contribution in [0.2, 0.25) is 0 Å². The van der Waals surface area contributed by atoms with Crippen molar-refractivity contribution in [3.05, 3.63) is 48.5 Å². The zero-order valence-electron chi connectivity index (χ0n) is 9.70. The van der Waals surface area contributed by atoms with Crippen molar-refractivity contribution >= 4 is 23.4 Å². The van der Waals surface area contributed by atoms with Gasteiger partial charge < -0.3 is 10.4 Å². The van der Waals surface area contributed by atoms with Gasteiger partial charge in [-0.25, -0.2) is 9.78 Å². The highest BCUT2D eigenvalue weighted by molar-refractivity contribution is 6.05. The maximum atomic E-state index is 11.9. The summed E-state index contributed by atoms with van der Waals surface area (Å²) in [5, 5.41) is 13.5. The average Bonchev–Trinajstić information content (AvgIpc) is 2.41. The van der Waals surface area contributed by atoms with Crippen LogP contribution in [0.3, 0.4) is 0 Å². The molecule has 0 saturated heterocycles. The topological polar surface area (TPSA) is 104 Å². The molecule has 96 valence electrons. The van der Waals surface area contributed by atoms with Crippen molar-refractivity contribution < 1.29 is 14.7 Å². The third kappa shape index (κ3) is 3.25. The highest BCUT2D eigenvalue weighted by atomic mass is 16.4. The molecule has 7 heteroatoms. The summed E-state index contributed by atoms with van der Waals surface area (Å²) in [6.45, 7) is 0. The predicted molar refractivity (Wildman–Crippen MR) is 68.1 cm³/mol. The molecule has 1 aromatic heterocycles. The molecule has 1 aromatic carbocycles. The Balaban J connectivity index is 2.19. The van der Waals surface area contributed by atoms with Gasteiger partial charge in [0.05, 0.1) is 17.6 Å². The molecule has 0 aliphatic heterocycles. The molecule has 2 amide bonds. The first-order valence-electron chi connectivity index (χ1n) is 5.33. The fraction of sp³-hybridized carbons (Fsp3) is 0. The molecule has 0 radical (unpaired) electrons. The van der Waals surface area contributed by atoms with Crippen molar-refractivity contribution in [1.29, 1.82) is 0 Å². The minimum Gasteiger partial charge on any atom is -0.465 e. The molecule has 0 unspecified atom stereocenters. The highest BCUT2D eigenvalue weighted by Gasteiger charge is 2.11. The fourth-order valence-corrected chi connectivity index (χ4v) is 1.42. The van der Waals surface area contributed by atoms with E-state index in [0.717, 1.165) is 0 Å². The van der Waals surface area contributed by atoms with Crippen LogP contribution in [0.15, 0.2) is 42.9 Å². The number of anilines is 2. The van der Waals surface area contributed by atoms with E-state index >= 15 is 0 Å². The van der Waals surface area contributed by atoms with Gasteiger partial charge in [-0.05, 0) is 12.1 Å². The van der Waals surface area contributed by atoms with Crippen LogP contribution in [0.25, 0.3) is 0 Å². The fourth-order valence-electron chi connectivity index (χ4n) is 1.42. The van der Waals surface area contributed by atoms with Crippen LogP contribution in [0.5, 0.6) is 0 Å². The Morgan fingerprint density at radius 2 is 1.74 bits per heavy atom. The van der Waals surface area contributed by atoms with E-state index in [1.807, 2.05) is 0 Å². The number of aromatic nitrogens is 2. The summed E-state index contributed by atoms with van der Waals surface area (Å²) in [5.41, 5.74) is 0.778. The van der Waals surface area contributed by atoms with Crippen molar-refractivity contribution in [2.24, 2.45) is 0 Å². The Kier molecular flexibility index (Phi) is 3.67. The molecule has 2 aromatic rings. The number of hydrogen-bond donors (Lipinski definition) is 3. The lowest BCUT2D eigenvalue weighted by Gasteiger charge is -2.09. The number of carbonyl (C=O) groups is 2. The molecule has 0 saturated carbocycles. The Morgan fingerprint density at radius 3 is 2.32 bits per heavy atom. The van der Waals surface area contributed by atoms with Gasteiger partial charge in [-0.2, -0.15) is 0 Å². The number of benzene rings is 1.